The maximum absolute atomic E-state index is 13.6. The van der Waals surface area contributed by atoms with E-state index in [0.29, 0.717) is 5.82 Å². The number of halogens is 4. The standard InChI is InChI=1S/C34H32BrF3N4O5/c1-33(2,3)47-30(44)20-42(19-21-5-7-22(8-6-21)31-39-17-25(35)18-40-31)32(45)23-9-12-26(13-10-23)41-29(43)15-24-11-14-27(46-4)16-28(24)34(36,37)38/h5-14,16-18H,15,19-20H2,1-4H3,(H,41,43). The number of aromatic nitrogens is 2. The summed E-state index contributed by atoms with van der Waals surface area (Å²) in [6.45, 7) is 4.94. The molecule has 0 radical (unpaired) electrons. The molecule has 47 heavy (non-hydrogen) atoms. The van der Waals surface area contributed by atoms with Crippen LogP contribution in [0.4, 0.5) is 18.9 Å². The number of anilines is 1. The molecule has 0 bridgehead atoms. The number of nitrogens with one attached hydrogen (secondary N) is 1. The lowest BCUT2D eigenvalue weighted by molar-refractivity contribution is -0.155. The summed E-state index contributed by atoms with van der Waals surface area (Å²) in [7, 11) is 1.26. The fraction of sp³-hybridized carbons (Fsp3) is 0.265. The first-order valence-corrected chi connectivity index (χ1v) is 15.1. The molecule has 9 nitrogen and oxygen atoms in total. The van der Waals surface area contributed by atoms with Crippen molar-refractivity contribution in [2.45, 2.75) is 45.5 Å². The Morgan fingerprint density at radius 3 is 2.13 bits per heavy atom. The van der Waals surface area contributed by atoms with Crippen molar-refractivity contribution in [3.63, 3.8) is 0 Å². The van der Waals surface area contributed by atoms with Crippen molar-refractivity contribution in [3.8, 4) is 17.1 Å². The molecule has 0 aliphatic heterocycles. The van der Waals surface area contributed by atoms with Gasteiger partial charge in [-0.1, -0.05) is 30.3 Å². The lowest BCUT2D eigenvalue weighted by Crippen LogP contribution is -2.38. The Kier molecular flexibility index (Phi) is 11.0. The minimum absolute atomic E-state index is 0.0229. The molecule has 1 N–H and O–H groups in total. The van der Waals surface area contributed by atoms with Gasteiger partial charge >= 0.3 is 12.1 Å². The normalized spacial score (nSPS) is 11.5. The summed E-state index contributed by atoms with van der Waals surface area (Å²) in [6, 6.07) is 16.5. The number of ether oxygens (including phenoxy) is 2. The number of rotatable bonds is 10. The lowest BCUT2D eigenvalue weighted by atomic mass is 10.0. The number of methoxy groups -OCH3 is 1. The zero-order chi connectivity index (χ0) is 34.4. The third-order valence-corrected chi connectivity index (χ3v) is 7.03. The molecule has 0 saturated carbocycles. The molecule has 0 aliphatic carbocycles. The quantitative estimate of drug-likeness (QED) is 0.175. The number of alkyl halides is 3. The predicted molar refractivity (Wildman–Crippen MR) is 173 cm³/mol. The Labute approximate surface area is 278 Å². The van der Waals surface area contributed by atoms with Gasteiger partial charge in [-0.15, -0.1) is 0 Å². The second-order valence-corrected chi connectivity index (χ2v) is 12.4. The maximum Gasteiger partial charge on any atom is 0.416 e. The predicted octanol–water partition coefficient (Wildman–Crippen LogP) is 7.10. The highest BCUT2D eigenvalue weighted by atomic mass is 79.9. The minimum atomic E-state index is -4.67. The van der Waals surface area contributed by atoms with Crippen LogP contribution in [0.15, 0.2) is 83.6 Å². The summed E-state index contributed by atoms with van der Waals surface area (Å²) in [5.74, 6) is -1.19. The Bertz CT molecular complexity index is 1720. The second kappa shape index (κ2) is 14.8. The Hall–Kier alpha value is -4.78. The van der Waals surface area contributed by atoms with Crippen LogP contribution in [0.5, 0.6) is 5.75 Å². The van der Waals surface area contributed by atoms with E-state index in [-0.39, 0.29) is 35.7 Å². The van der Waals surface area contributed by atoms with Crippen LogP contribution in [0.3, 0.4) is 0 Å². The highest BCUT2D eigenvalue weighted by Crippen LogP contribution is 2.35. The van der Waals surface area contributed by atoms with Crippen LogP contribution in [0, 0.1) is 0 Å². The smallest absolute Gasteiger partial charge is 0.416 e. The summed E-state index contributed by atoms with van der Waals surface area (Å²) < 4.78 is 51.8. The van der Waals surface area contributed by atoms with Crippen molar-refractivity contribution in [3.05, 3.63) is 106 Å². The summed E-state index contributed by atoms with van der Waals surface area (Å²) in [5.41, 5.74) is 0.0741. The summed E-state index contributed by atoms with van der Waals surface area (Å²) in [4.78, 5) is 48.9. The van der Waals surface area contributed by atoms with Gasteiger partial charge in [0, 0.05) is 35.8 Å². The topological polar surface area (TPSA) is 111 Å². The number of carbonyl (C=O) groups excluding carboxylic acids is 3. The average molecular weight is 714 g/mol. The lowest BCUT2D eigenvalue weighted by Gasteiger charge is -2.25. The number of hydrogen-bond donors (Lipinski definition) is 1. The van der Waals surface area contributed by atoms with Gasteiger partial charge < -0.3 is 19.7 Å². The molecule has 0 saturated heterocycles. The summed E-state index contributed by atoms with van der Waals surface area (Å²) in [5, 5.41) is 2.56. The van der Waals surface area contributed by atoms with E-state index in [1.807, 2.05) is 24.3 Å². The molecule has 13 heteroatoms. The molecule has 0 fully saturated rings. The highest BCUT2D eigenvalue weighted by Gasteiger charge is 2.34. The summed E-state index contributed by atoms with van der Waals surface area (Å²) >= 11 is 3.31. The van der Waals surface area contributed by atoms with Crippen LogP contribution in [-0.2, 0) is 33.5 Å². The van der Waals surface area contributed by atoms with Gasteiger partial charge in [-0.3, -0.25) is 14.4 Å². The monoisotopic (exact) mass is 712 g/mol. The molecule has 4 aromatic rings. The van der Waals surface area contributed by atoms with Crippen LogP contribution in [0.2, 0.25) is 0 Å². The van der Waals surface area contributed by atoms with Crippen molar-refractivity contribution in [2.24, 2.45) is 0 Å². The van der Waals surface area contributed by atoms with Gasteiger partial charge in [0.2, 0.25) is 5.91 Å². The summed E-state index contributed by atoms with van der Waals surface area (Å²) in [6.07, 6.45) is -1.93. The molecule has 4 rings (SSSR count). The molecule has 0 unspecified atom stereocenters. The van der Waals surface area contributed by atoms with Crippen molar-refractivity contribution >= 4 is 39.4 Å². The van der Waals surface area contributed by atoms with Crippen LogP contribution < -0.4 is 10.1 Å². The van der Waals surface area contributed by atoms with E-state index in [9.17, 15) is 27.6 Å². The fourth-order valence-electron chi connectivity index (χ4n) is 4.53. The molecule has 246 valence electrons. The van der Waals surface area contributed by atoms with Crippen molar-refractivity contribution < 1.29 is 37.0 Å². The van der Waals surface area contributed by atoms with E-state index in [1.54, 1.807) is 33.2 Å². The van der Waals surface area contributed by atoms with Crippen LogP contribution >= 0.6 is 15.9 Å². The molecule has 0 atom stereocenters. The molecule has 1 heterocycles. The van der Waals surface area contributed by atoms with Crippen molar-refractivity contribution in [1.82, 2.24) is 14.9 Å². The second-order valence-electron chi connectivity index (χ2n) is 11.5. The number of amides is 2. The first-order valence-electron chi connectivity index (χ1n) is 14.3. The number of carbonyl (C=O) groups is 3. The van der Waals surface area contributed by atoms with Gasteiger partial charge in [0.05, 0.1) is 23.6 Å². The Morgan fingerprint density at radius 2 is 1.55 bits per heavy atom. The molecule has 2 amide bonds. The number of benzene rings is 3. The third kappa shape index (κ3) is 10.1. The van der Waals surface area contributed by atoms with Gasteiger partial charge in [-0.25, -0.2) is 9.97 Å². The Morgan fingerprint density at radius 1 is 0.915 bits per heavy atom. The van der Waals surface area contributed by atoms with Crippen molar-refractivity contribution in [2.75, 3.05) is 19.0 Å². The molecule has 0 spiro atoms. The van der Waals surface area contributed by atoms with E-state index < -0.39 is 41.5 Å². The van der Waals surface area contributed by atoms with E-state index in [0.717, 1.165) is 21.7 Å². The van der Waals surface area contributed by atoms with Crippen LogP contribution in [0.25, 0.3) is 11.4 Å². The van der Waals surface area contributed by atoms with Gasteiger partial charge in [-0.05, 0) is 84.2 Å². The fourth-order valence-corrected chi connectivity index (χ4v) is 4.73. The first kappa shape index (κ1) is 35.1. The van der Waals surface area contributed by atoms with E-state index in [4.69, 9.17) is 9.47 Å². The van der Waals surface area contributed by atoms with Gasteiger partial charge in [0.25, 0.3) is 5.91 Å². The largest absolute Gasteiger partial charge is 0.497 e. The molecular weight excluding hydrogens is 681 g/mol. The number of nitrogens with zero attached hydrogens (tertiary/aromatic N) is 3. The molecular formula is C34H32BrF3N4O5. The van der Waals surface area contributed by atoms with Crippen LogP contribution in [0.1, 0.15) is 47.8 Å². The molecule has 0 aliphatic rings. The molecule has 3 aromatic carbocycles. The minimum Gasteiger partial charge on any atom is -0.497 e. The zero-order valence-electron chi connectivity index (χ0n) is 26.0. The van der Waals surface area contributed by atoms with Gasteiger partial charge in [0.1, 0.15) is 17.9 Å². The van der Waals surface area contributed by atoms with Gasteiger partial charge in [-0.2, -0.15) is 13.2 Å². The number of esters is 1. The Balaban J connectivity index is 1.48. The SMILES string of the molecule is COc1ccc(CC(=O)Nc2ccc(C(=O)N(CC(=O)OC(C)(C)C)Cc3ccc(-c4ncc(Br)cn4)cc3)cc2)c(C(F)(F)F)c1. The van der Waals surface area contributed by atoms with Crippen LogP contribution in [-0.4, -0.2) is 51.9 Å². The molecule has 1 aromatic heterocycles. The van der Waals surface area contributed by atoms with E-state index >= 15 is 0 Å². The van der Waals surface area contributed by atoms with Gasteiger partial charge in [0.15, 0.2) is 5.82 Å². The zero-order valence-corrected chi connectivity index (χ0v) is 27.6. The van der Waals surface area contributed by atoms with E-state index in [2.05, 4.69) is 31.2 Å². The van der Waals surface area contributed by atoms with E-state index in [1.165, 1.54) is 48.4 Å². The average Bonchev–Trinajstić information content (AvgIpc) is 3.00. The number of hydrogen-bond acceptors (Lipinski definition) is 7. The highest BCUT2D eigenvalue weighted by molar-refractivity contribution is 9.10. The van der Waals surface area contributed by atoms with Crippen molar-refractivity contribution in [1.29, 1.82) is 0 Å². The first-order chi connectivity index (χ1) is 22.1. The maximum atomic E-state index is 13.6. The third-order valence-electron chi connectivity index (χ3n) is 6.62.